The van der Waals surface area contributed by atoms with Crippen LogP contribution < -0.4 is 24.8 Å². The minimum absolute atomic E-state index is 0. The molecule has 3 aliphatic rings. The van der Waals surface area contributed by atoms with Crippen LogP contribution in [0.2, 0.25) is 8.35 Å². The molecule has 2 unspecified atom stereocenters. The maximum absolute atomic E-state index is 3.13. The monoisotopic (exact) mass is 944 g/mol. The van der Waals surface area contributed by atoms with Crippen molar-refractivity contribution in [3.8, 4) is 22.3 Å². The van der Waals surface area contributed by atoms with Crippen LogP contribution in [0.15, 0.2) is 157 Å². The first-order chi connectivity index (χ1) is 27.2. The number of rotatable bonds is 8. The van der Waals surface area contributed by atoms with Gasteiger partial charge in [-0.1, -0.05) is 0 Å². The van der Waals surface area contributed by atoms with Crippen LogP contribution in [0.3, 0.4) is 0 Å². The molecule has 57 heavy (non-hydrogen) atoms. The number of fused-ring (bicyclic) bond motifs is 6. The Morgan fingerprint density at radius 3 is 1.12 bits per heavy atom. The number of halogens is 2. The van der Waals surface area contributed by atoms with Crippen molar-refractivity contribution in [2.24, 2.45) is 0 Å². The molecule has 0 N–H and O–H groups in total. The Bertz CT molecular complexity index is 2630. The smallest absolute Gasteiger partial charge is 1.00 e. The van der Waals surface area contributed by atoms with Gasteiger partial charge in [-0.2, -0.15) is 0 Å². The first kappa shape index (κ1) is 38.3. The van der Waals surface area contributed by atoms with E-state index in [1.54, 1.807) is 22.3 Å². The first-order valence-electron chi connectivity index (χ1n) is 20.7. The van der Waals surface area contributed by atoms with Crippen molar-refractivity contribution in [1.82, 2.24) is 0 Å². The van der Waals surface area contributed by atoms with Crippen LogP contribution in [0.5, 0.6) is 0 Å². The van der Waals surface area contributed by atoms with Gasteiger partial charge in [-0.15, -0.1) is 0 Å². The third kappa shape index (κ3) is 5.94. The van der Waals surface area contributed by atoms with E-state index in [0.29, 0.717) is 7.35 Å². The summed E-state index contributed by atoms with van der Waals surface area (Å²) in [5.41, 5.74) is 15.5. The van der Waals surface area contributed by atoms with E-state index in [-0.39, 0.29) is 24.8 Å². The SMILES string of the molecule is CCCC1=Cc2c(-c3c4ccccc4cc4ccccc34)cccc2[CH]1[Hf+2]1([CH]2C(CCC)=Cc3c(-c4c5ccccc5cc5ccccc45)cccc32)[CH2][CH2]1.[Cl-].[Cl-]. The molecule has 0 aromatic heterocycles. The molecule has 8 aromatic rings. The van der Waals surface area contributed by atoms with Gasteiger partial charge in [-0.05, 0) is 0 Å². The van der Waals surface area contributed by atoms with E-state index in [0.717, 1.165) is 0 Å². The molecule has 11 rings (SSSR count). The van der Waals surface area contributed by atoms with E-state index in [2.05, 4.69) is 172 Å². The molecular weight excluding hydrogens is 898 g/mol. The molecule has 1 heterocycles. The van der Waals surface area contributed by atoms with Gasteiger partial charge in [0.15, 0.2) is 0 Å². The predicted octanol–water partition coefficient (Wildman–Crippen LogP) is 9.82. The Morgan fingerprint density at radius 2 is 0.789 bits per heavy atom. The van der Waals surface area contributed by atoms with Gasteiger partial charge in [0.05, 0.1) is 0 Å². The van der Waals surface area contributed by atoms with E-state index in [9.17, 15) is 0 Å². The van der Waals surface area contributed by atoms with Gasteiger partial charge in [0, 0.05) is 0 Å². The molecule has 280 valence electrons. The van der Waals surface area contributed by atoms with Crippen molar-refractivity contribution in [3.05, 3.63) is 179 Å². The van der Waals surface area contributed by atoms with Gasteiger partial charge in [-0.3, -0.25) is 0 Å². The van der Waals surface area contributed by atoms with Crippen molar-refractivity contribution < 1.29 is 44.8 Å². The molecule has 0 saturated carbocycles. The summed E-state index contributed by atoms with van der Waals surface area (Å²) in [6.45, 7) is 4.79. The molecule has 2 aliphatic carbocycles. The Hall–Kier alpha value is -4.27. The van der Waals surface area contributed by atoms with Gasteiger partial charge in [0.1, 0.15) is 0 Å². The summed E-state index contributed by atoms with van der Waals surface area (Å²) in [6, 6.07) is 55.7. The third-order valence-corrected chi connectivity index (χ3v) is 32.5. The molecule has 0 nitrogen and oxygen atoms in total. The fourth-order valence-electron chi connectivity index (χ4n) is 11.2. The number of benzene rings is 8. The minimum atomic E-state index is -3.13. The summed E-state index contributed by atoms with van der Waals surface area (Å²) in [4.78, 5) is 0. The second-order valence-electron chi connectivity index (χ2n) is 16.5. The van der Waals surface area contributed by atoms with Crippen LogP contribution in [0.4, 0.5) is 0 Å². The van der Waals surface area contributed by atoms with E-state index in [1.165, 1.54) is 111 Å². The fourth-order valence-corrected chi connectivity index (χ4v) is 39.3. The molecule has 0 amide bonds. The number of allylic oxidation sites excluding steroid dienone is 2. The zero-order valence-corrected chi connectivity index (χ0v) is 37.8. The summed E-state index contributed by atoms with van der Waals surface area (Å²) in [5.74, 6) is 0. The predicted molar refractivity (Wildman–Crippen MR) is 235 cm³/mol. The van der Waals surface area contributed by atoms with Gasteiger partial charge in [0.2, 0.25) is 0 Å². The van der Waals surface area contributed by atoms with Gasteiger partial charge < -0.3 is 24.8 Å². The molecular formula is C54H46Cl2Hf. The van der Waals surface area contributed by atoms with E-state index >= 15 is 0 Å². The molecule has 1 aliphatic heterocycles. The second-order valence-corrected chi connectivity index (χ2v) is 33.1. The van der Waals surface area contributed by atoms with Gasteiger partial charge in [-0.25, -0.2) is 0 Å². The number of hydrogen-bond acceptors (Lipinski definition) is 0. The largest absolute Gasteiger partial charge is 1.00 e. The average molecular weight is 944 g/mol. The van der Waals surface area contributed by atoms with Crippen molar-refractivity contribution in [2.75, 3.05) is 0 Å². The fraction of sp³-hybridized carbons (Fsp3) is 0.185. The van der Waals surface area contributed by atoms with Gasteiger partial charge in [0.25, 0.3) is 0 Å². The topological polar surface area (TPSA) is 0 Å². The Kier molecular flexibility index (Phi) is 10.2. The minimum Gasteiger partial charge on any atom is -1.00 e. The molecule has 2 atom stereocenters. The van der Waals surface area contributed by atoms with Crippen LogP contribution in [0.25, 0.3) is 77.5 Å². The van der Waals surface area contributed by atoms with Gasteiger partial charge >= 0.3 is 332 Å². The zero-order chi connectivity index (χ0) is 36.7. The number of hydrogen-bond donors (Lipinski definition) is 0. The molecule has 0 radical (unpaired) electrons. The van der Waals surface area contributed by atoms with Crippen LogP contribution in [-0.2, 0) is 20.0 Å². The van der Waals surface area contributed by atoms with E-state index in [1.807, 2.05) is 0 Å². The Morgan fingerprint density at radius 1 is 0.439 bits per heavy atom. The van der Waals surface area contributed by atoms with E-state index < -0.39 is 20.0 Å². The van der Waals surface area contributed by atoms with Crippen LogP contribution in [-0.4, -0.2) is 0 Å². The Balaban J connectivity index is 0.00000211. The van der Waals surface area contributed by atoms with E-state index in [4.69, 9.17) is 0 Å². The summed E-state index contributed by atoms with van der Waals surface area (Å²) in [7, 11) is 0. The van der Waals surface area contributed by atoms with Crippen molar-refractivity contribution >= 4 is 55.2 Å². The molecule has 1 fully saturated rings. The second kappa shape index (κ2) is 15.2. The summed E-state index contributed by atoms with van der Waals surface area (Å²) in [5, 5.41) is 10.7. The molecule has 0 bridgehead atoms. The zero-order valence-electron chi connectivity index (χ0n) is 32.7. The molecule has 1 saturated heterocycles. The van der Waals surface area contributed by atoms with Crippen LogP contribution >= 0.6 is 0 Å². The van der Waals surface area contributed by atoms with Crippen LogP contribution in [0, 0.1) is 0 Å². The van der Waals surface area contributed by atoms with Crippen molar-refractivity contribution in [1.29, 1.82) is 0 Å². The third-order valence-electron chi connectivity index (χ3n) is 13.4. The Labute approximate surface area is 353 Å². The quantitative estimate of drug-likeness (QED) is 0.105. The summed E-state index contributed by atoms with van der Waals surface area (Å²) in [6.07, 6.45) is 10.2. The van der Waals surface area contributed by atoms with Crippen molar-refractivity contribution in [2.45, 2.75) is 55.2 Å². The van der Waals surface area contributed by atoms with Crippen molar-refractivity contribution in [3.63, 3.8) is 0 Å². The maximum Gasteiger partial charge on any atom is -1.00 e. The average Bonchev–Trinajstić information content (AvgIpc) is 3.77. The molecule has 3 heteroatoms. The first-order valence-corrected chi connectivity index (χ1v) is 29.9. The molecule has 0 spiro atoms. The standard InChI is InChI=1S/2C26H21.C2H4.2ClH.Hf/c2*1-2-8-18-15-19-11-7-14-24(25(19)16-18)26-22-12-5-3-9-20(22)17-21-10-4-6-13-23(21)26;1-2;;;/h2*3-7,9-17H,2,8H2,1H3;1-2H2;2*1H;/q;;;;;+2/p-2. The maximum atomic E-state index is 2.70. The summed E-state index contributed by atoms with van der Waals surface area (Å²) < 4.78 is 4.27. The summed E-state index contributed by atoms with van der Waals surface area (Å²) >= 11 is -3.13. The normalized spacial score (nSPS) is 16.9. The van der Waals surface area contributed by atoms with Crippen LogP contribution in [0.1, 0.15) is 69.1 Å². The molecule has 8 aromatic carbocycles.